The average molecular weight is 507 g/mol. The highest BCUT2D eigenvalue weighted by molar-refractivity contribution is 7.16. The number of anilines is 1. The van der Waals surface area contributed by atoms with Crippen molar-refractivity contribution in [3.63, 3.8) is 0 Å². The molecule has 2 heterocycles. The molecule has 2 aromatic rings. The number of methoxy groups -OCH3 is 3. The summed E-state index contributed by atoms with van der Waals surface area (Å²) in [6.45, 7) is 0. The summed E-state index contributed by atoms with van der Waals surface area (Å²) < 4.78 is 16.5. The van der Waals surface area contributed by atoms with Crippen molar-refractivity contribution in [1.82, 2.24) is 0 Å². The number of amides is 1. The van der Waals surface area contributed by atoms with E-state index in [1.807, 2.05) is 12.1 Å². The second-order valence-electron chi connectivity index (χ2n) is 9.44. The van der Waals surface area contributed by atoms with Crippen LogP contribution in [0.5, 0.6) is 17.2 Å². The number of fused-ring (bicyclic) bond motifs is 1. The largest absolute Gasteiger partial charge is 0.493 e. The summed E-state index contributed by atoms with van der Waals surface area (Å²) in [5.74, 6) is 1.00. The van der Waals surface area contributed by atoms with Crippen molar-refractivity contribution in [2.75, 3.05) is 26.2 Å². The number of benzene rings is 1. The van der Waals surface area contributed by atoms with Crippen molar-refractivity contribution in [3.05, 3.63) is 45.0 Å². The van der Waals surface area contributed by atoms with Crippen LogP contribution in [0.15, 0.2) is 23.4 Å². The Kier molecular flexibility index (Phi) is 6.76. The van der Waals surface area contributed by atoms with Crippen LogP contribution >= 0.6 is 11.3 Å². The molecule has 188 valence electrons. The van der Waals surface area contributed by atoms with Crippen LogP contribution in [0.2, 0.25) is 0 Å². The Labute approximate surface area is 215 Å². The lowest BCUT2D eigenvalue weighted by Gasteiger charge is -2.38. The first-order chi connectivity index (χ1) is 17.5. The molecule has 0 bridgehead atoms. The average Bonchev–Trinajstić information content (AvgIpc) is 3.06. The van der Waals surface area contributed by atoms with Gasteiger partial charge < -0.3 is 14.2 Å². The van der Waals surface area contributed by atoms with Gasteiger partial charge in [0.1, 0.15) is 11.1 Å². The van der Waals surface area contributed by atoms with Crippen LogP contribution in [0.3, 0.4) is 0 Å². The standard InChI is InChI=1S/C28H30N2O5S/c1-33-22-12-16(13-23(34-2)27(22)35-3)18-14-25(32)30(20-9-7-10-21(31)26(18)20)28-19(15-29)17-8-5-4-6-11-24(17)36-28/h12-13,18H,4-11,14H2,1-3H3/t18-/m1/s1. The van der Waals surface area contributed by atoms with Crippen LogP contribution in [-0.2, 0) is 22.4 Å². The molecule has 5 rings (SSSR count). The Morgan fingerprint density at radius 1 is 0.944 bits per heavy atom. The Hall–Kier alpha value is -3.31. The molecule has 7 nitrogen and oxygen atoms in total. The van der Waals surface area contributed by atoms with Gasteiger partial charge in [0.2, 0.25) is 11.7 Å². The molecule has 36 heavy (non-hydrogen) atoms. The second kappa shape index (κ2) is 9.98. The first-order valence-electron chi connectivity index (χ1n) is 12.5. The molecule has 1 atom stereocenters. The maximum Gasteiger partial charge on any atom is 0.232 e. The van der Waals surface area contributed by atoms with Crippen LogP contribution < -0.4 is 19.1 Å². The van der Waals surface area contributed by atoms with Gasteiger partial charge in [0.15, 0.2) is 17.3 Å². The zero-order valence-electron chi connectivity index (χ0n) is 20.9. The number of aryl methyl sites for hydroxylation is 1. The van der Waals surface area contributed by atoms with Crippen molar-refractivity contribution in [3.8, 4) is 23.3 Å². The molecule has 0 fully saturated rings. The van der Waals surface area contributed by atoms with E-state index in [9.17, 15) is 14.9 Å². The minimum atomic E-state index is -0.409. The summed E-state index contributed by atoms with van der Waals surface area (Å²) in [6, 6.07) is 6.06. The number of rotatable bonds is 5. The molecular formula is C28H30N2O5S. The van der Waals surface area contributed by atoms with Crippen molar-refractivity contribution in [2.24, 2.45) is 0 Å². The second-order valence-corrected chi connectivity index (χ2v) is 10.5. The number of nitriles is 1. The van der Waals surface area contributed by atoms with E-state index >= 15 is 0 Å². The van der Waals surface area contributed by atoms with E-state index in [1.54, 1.807) is 37.6 Å². The highest BCUT2D eigenvalue weighted by Gasteiger charge is 2.42. The fraction of sp³-hybridized carbons (Fsp3) is 0.464. The number of ketones is 1. The monoisotopic (exact) mass is 506 g/mol. The normalized spacial score (nSPS) is 19.8. The SMILES string of the molecule is COc1cc([C@H]2CC(=O)N(c3sc4c(c3C#N)CCCCC4)C3=C2C(=O)CCC3)cc(OC)c1OC. The molecule has 3 aliphatic rings. The molecule has 1 aliphatic heterocycles. The molecule has 0 N–H and O–H groups in total. The minimum Gasteiger partial charge on any atom is -0.493 e. The van der Waals surface area contributed by atoms with Crippen molar-refractivity contribution in [1.29, 1.82) is 5.26 Å². The first-order valence-corrected chi connectivity index (χ1v) is 13.3. The van der Waals surface area contributed by atoms with Gasteiger partial charge in [-0.25, -0.2) is 0 Å². The van der Waals surface area contributed by atoms with Gasteiger partial charge in [0, 0.05) is 34.9 Å². The molecule has 0 radical (unpaired) electrons. The number of carbonyl (C=O) groups excluding carboxylic acids is 2. The molecule has 0 spiro atoms. The highest BCUT2D eigenvalue weighted by atomic mass is 32.1. The number of allylic oxidation sites excluding steroid dienone is 2. The lowest BCUT2D eigenvalue weighted by atomic mass is 9.77. The van der Waals surface area contributed by atoms with Gasteiger partial charge in [-0.05, 0) is 61.8 Å². The fourth-order valence-corrected chi connectivity index (χ4v) is 7.20. The summed E-state index contributed by atoms with van der Waals surface area (Å²) in [6.07, 6.45) is 7.03. The molecule has 0 saturated heterocycles. The lowest BCUT2D eigenvalue weighted by Crippen LogP contribution is -2.40. The van der Waals surface area contributed by atoms with E-state index in [0.29, 0.717) is 52.6 Å². The molecule has 1 amide bonds. The van der Waals surface area contributed by atoms with Gasteiger partial charge in [-0.3, -0.25) is 14.5 Å². The summed E-state index contributed by atoms with van der Waals surface area (Å²) in [5, 5.41) is 10.8. The van der Waals surface area contributed by atoms with Crippen molar-refractivity contribution in [2.45, 2.75) is 63.7 Å². The van der Waals surface area contributed by atoms with Crippen LogP contribution in [0.4, 0.5) is 5.00 Å². The van der Waals surface area contributed by atoms with Gasteiger partial charge in [-0.2, -0.15) is 5.26 Å². The Morgan fingerprint density at radius 3 is 2.33 bits per heavy atom. The van der Waals surface area contributed by atoms with Crippen LogP contribution in [0, 0.1) is 11.3 Å². The third-order valence-electron chi connectivity index (χ3n) is 7.48. The maximum atomic E-state index is 13.8. The Bertz CT molecular complexity index is 1280. The molecular weight excluding hydrogens is 476 g/mol. The van der Waals surface area contributed by atoms with Gasteiger partial charge in [0.25, 0.3) is 0 Å². The quantitative estimate of drug-likeness (QED) is 0.502. The van der Waals surface area contributed by atoms with E-state index in [1.165, 1.54) is 4.88 Å². The number of ether oxygens (including phenoxy) is 3. The van der Waals surface area contributed by atoms with Gasteiger partial charge in [0.05, 0.1) is 26.9 Å². The summed E-state index contributed by atoms with van der Waals surface area (Å²) >= 11 is 1.56. The zero-order valence-corrected chi connectivity index (χ0v) is 21.8. The number of nitrogens with zero attached hydrogens (tertiary/aromatic N) is 2. The lowest BCUT2D eigenvalue weighted by molar-refractivity contribution is -0.119. The third-order valence-corrected chi connectivity index (χ3v) is 8.76. The van der Waals surface area contributed by atoms with Crippen LogP contribution in [0.1, 0.15) is 72.4 Å². The molecule has 0 unspecified atom stereocenters. The Balaban J connectivity index is 1.67. The zero-order chi connectivity index (χ0) is 25.4. The number of carbonyl (C=O) groups is 2. The predicted molar refractivity (Wildman–Crippen MR) is 137 cm³/mol. The number of thiophene rings is 1. The first kappa shape index (κ1) is 24.4. The topological polar surface area (TPSA) is 88.9 Å². The molecule has 0 saturated carbocycles. The third kappa shape index (κ3) is 3.96. The van der Waals surface area contributed by atoms with Crippen LogP contribution in [0.25, 0.3) is 0 Å². The van der Waals surface area contributed by atoms with Crippen LogP contribution in [-0.4, -0.2) is 33.0 Å². The molecule has 1 aromatic heterocycles. The number of hydrogen-bond donors (Lipinski definition) is 0. The van der Waals surface area contributed by atoms with Gasteiger partial charge in [-0.15, -0.1) is 11.3 Å². The highest BCUT2D eigenvalue weighted by Crippen LogP contribution is 2.49. The Morgan fingerprint density at radius 2 is 1.67 bits per heavy atom. The number of hydrogen-bond acceptors (Lipinski definition) is 7. The molecule has 1 aromatic carbocycles. The van der Waals surface area contributed by atoms with Gasteiger partial charge in [-0.1, -0.05) is 6.42 Å². The predicted octanol–water partition coefficient (Wildman–Crippen LogP) is 5.44. The van der Waals surface area contributed by atoms with E-state index in [0.717, 1.165) is 48.9 Å². The smallest absolute Gasteiger partial charge is 0.232 e. The van der Waals surface area contributed by atoms with Crippen molar-refractivity contribution < 1.29 is 23.8 Å². The van der Waals surface area contributed by atoms with Gasteiger partial charge >= 0.3 is 0 Å². The molecule has 8 heteroatoms. The van der Waals surface area contributed by atoms with E-state index < -0.39 is 5.92 Å². The summed E-state index contributed by atoms with van der Waals surface area (Å²) in [7, 11) is 4.65. The summed E-state index contributed by atoms with van der Waals surface area (Å²) in [5.41, 5.74) is 3.90. The fourth-order valence-electron chi connectivity index (χ4n) is 5.82. The maximum absolute atomic E-state index is 13.8. The van der Waals surface area contributed by atoms with E-state index in [2.05, 4.69) is 6.07 Å². The summed E-state index contributed by atoms with van der Waals surface area (Å²) in [4.78, 5) is 30.1. The van der Waals surface area contributed by atoms with Crippen molar-refractivity contribution >= 4 is 28.0 Å². The minimum absolute atomic E-state index is 0.0594. The van der Waals surface area contributed by atoms with E-state index in [4.69, 9.17) is 14.2 Å². The van der Waals surface area contributed by atoms with E-state index in [-0.39, 0.29) is 18.1 Å². The number of Topliss-reactive ketones (excluding diaryl/α,β-unsaturated/α-hetero) is 1. The molecule has 2 aliphatic carbocycles.